The molecule has 0 fully saturated rings. The SMILES string of the molecule is CCCC(CC=O)=NCC(C)C. The summed E-state index contributed by atoms with van der Waals surface area (Å²) in [6.07, 6.45) is 3.49. The zero-order chi connectivity index (χ0) is 9.40. The van der Waals surface area contributed by atoms with E-state index >= 15 is 0 Å². The lowest BCUT2D eigenvalue weighted by molar-refractivity contribution is -0.106. The van der Waals surface area contributed by atoms with Crippen molar-refractivity contribution in [1.82, 2.24) is 0 Å². The van der Waals surface area contributed by atoms with E-state index in [9.17, 15) is 4.79 Å². The first-order valence-electron chi connectivity index (χ1n) is 4.66. The molecule has 0 atom stereocenters. The number of carbonyl (C=O) groups excluding carboxylic acids is 1. The Labute approximate surface area is 75.1 Å². The highest BCUT2D eigenvalue weighted by Crippen LogP contribution is 1.99. The van der Waals surface area contributed by atoms with Gasteiger partial charge >= 0.3 is 0 Å². The van der Waals surface area contributed by atoms with Gasteiger partial charge in [-0.1, -0.05) is 27.2 Å². The van der Waals surface area contributed by atoms with Crippen molar-refractivity contribution in [3.63, 3.8) is 0 Å². The molecule has 2 nitrogen and oxygen atoms in total. The summed E-state index contributed by atoms with van der Waals surface area (Å²) in [6.45, 7) is 7.22. The van der Waals surface area contributed by atoms with Crippen LogP contribution < -0.4 is 0 Å². The maximum Gasteiger partial charge on any atom is 0.125 e. The third kappa shape index (κ3) is 6.08. The fourth-order valence-electron chi connectivity index (χ4n) is 0.942. The molecule has 0 rings (SSSR count). The van der Waals surface area contributed by atoms with E-state index in [1.54, 1.807) is 0 Å². The van der Waals surface area contributed by atoms with Gasteiger partial charge in [-0.05, 0) is 12.3 Å². The summed E-state index contributed by atoms with van der Waals surface area (Å²) in [7, 11) is 0. The van der Waals surface area contributed by atoms with Gasteiger partial charge in [-0.15, -0.1) is 0 Å². The van der Waals surface area contributed by atoms with Crippen LogP contribution in [-0.2, 0) is 4.79 Å². The average Bonchev–Trinajstić information content (AvgIpc) is 2.01. The Hall–Kier alpha value is -0.660. The van der Waals surface area contributed by atoms with Gasteiger partial charge < -0.3 is 4.79 Å². The number of hydrogen-bond donors (Lipinski definition) is 0. The van der Waals surface area contributed by atoms with E-state index < -0.39 is 0 Å². The second kappa shape index (κ2) is 7.01. The van der Waals surface area contributed by atoms with Gasteiger partial charge in [-0.2, -0.15) is 0 Å². The number of hydrogen-bond acceptors (Lipinski definition) is 2. The highest BCUT2D eigenvalue weighted by atomic mass is 16.1. The Kier molecular flexibility index (Phi) is 6.63. The molecule has 0 aromatic rings. The summed E-state index contributed by atoms with van der Waals surface area (Å²) in [5, 5.41) is 0. The van der Waals surface area contributed by atoms with Crippen molar-refractivity contribution < 1.29 is 4.79 Å². The summed E-state index contributed by atoms with van der Waals surface area (Å²) >= 11 is 0. The van der Waals surface area contributed by atoms with Crippen molar-refractivity contribution in [2.45, 2.75) is 40.0 Å². The molecule has 12 heavy (non-hydrogen) atoms. The fraction of sp³-hybridized carbons (Fsp3) is 0.800. The van der Waals surface area contributed by atoms with Crippen molar-refractivity contribution in [2.75, 3.05) is 6.54 Å². The van der Waals surface area contributed by atoms with Gasteiger partial charge in [0.15, 0.2) is 0 Å². The molecular formula is C10H19NO. The van der Waals surface area contributed by atoms with Crippen LogP contribution in [0.2, 0.25) is 0 Å². The van der Waals surface area contributed by atoms with E-state index in [-0.39, 0.29) is 0 Å². The predicted octanol–water partition coefficient (Wildman–Crippen LogP) is 2.47. The number of nitrogens with zero attached hydrogens (tertiary/aromatic N) is 1. The van der Waals surface area contributed by atoms with E-state index in [4.69, 9.17) is 0 Å². The number of aliphatic imine (C=N–C) groups is 1. The maximum absolute atomic E-state index is 10.3. The summed E-state index contributed by atoms with van der Waals surface area (Å²) in [5.74, 6) is 0.587. The first-order chi connectivity index (χ1) is 5.70. The lowest BCUT2D eigenvalue weighted by Gasteiger charge is -2.03. The lowest BCUT2D eigenvalue weighted by atomic mass is 10.1. The van der Waals surface area contributed by atoms with Gasteiger partial charge in [0.1, 0.15) is 6.29 Å². The molecule has 0 saturated carbocycles. The van der Waals surface area contributed by atoms with Gasteiger partial charge in [0, 0.05) is 18.7 Å². The molecule has 0 aliphatic heterocycles. The van der Waals surface area contributed by atoms with E-state index in [0.717, 1.165) is 31.4 Å². The third-order valence-electron chi connectivity index (χ3n) is 1.54. The third-order valence-corrected chi connectivity index (χ3v) is 1.54. The molecule has 2 heteroatoms. The van der Waals surface area contributed by atoms with Crippen LogP contribution in [0.25, 0.3) is 0 Å². The topological polar surface area (TPSA) is 29.4 Å². The molecule has 0 bridgehead atoms. The molecule has 0 aliphatic rings. The van der Waals surface area contributed by atoms with Gasteiger partial charge in [0.25, 0.3) is 0 Å². The summed E-state index contributed by atoms with van der Waals surface area (Å²) in [4.78, 5) is 14.6. The van der Waals surface area contributed by atoms with Crippen LogP contribution in [0.15, 0.2) is 4.99 Å². The van der Waals surface area contributed by atoms with Crippen LogP contribution in [0.1, 0.15) is 40.0 Å². The Morgan fingerprint density at radius 1 is 1.50 bits per heavy atom. The summed E-state index contributed by atoms with van der Waals surface area (Å²) in [6, 6.07) is 0. The molecule has 0 aliphatic carbocycles. The molecule has 0 spiro atoms. The quantitative estimate of drug-likeness (QED) is 0.443. The summed E-state index contributed by atoms with van der Waals surface area (Å²) < 4.78 is 0. The number of rotatable bonds is 6. The molecule has 0 amide bonds. The highest BCUT2D eigenvalue weighted by molar-refractivity contribution is 5.94. The number of aldehydes is 1. The Balaban J connectivity index is 3.88. The van der Waals surface area contributed by atoms with Crippen molar-refractivity contribution in [3.8, 4) is 0 Å². The highest BCUT2D eigenvalue weighted by Gasteiger charge is 1.97. The lowest BCUT2D eigenvalue weighted by Crippen LogP contribution is -2.02. The first-order valence-corrected chi connectivity index (χ1v) is 4.66. The zero-order valence-electron chi connectivity index (χ0n) is 8.34. The van der Waals surface area contributed by atoms with Gasteiger partial charge in [-0.3, -0.25) is 4.99 Å². The van der Waals surface area contributed by atoms with Gasteiger partial charge in [-0.25, -0.2) is 0 Å². The van der Waals surface area contributed by atoms with E-state index in [0.29, 0.717) is 12.3 Å². The van der Waals surface area contributed by atoms with E-state index in [1.807, 2.05) is 0 Å². The van der Waals surface area contributed by atoms with Crippen molar-refractivity contribution in [1.29, 1.82) is 0 Å². The molecular weight excluding hydrogens is 150 g/mol. The van der Waals surface area contributed by atoms with Gasteiger partial charge in [0.2, 0.25) is 0 Å². The van der Waals surface area contributed by atoms with Crippen LogP contribution >= 0.6 is 0 Å². The smallest absolute Gasteiger partial charge is 0.125 e. The van der Waals surface area contributed by atoms with E-state index in [2.05, 4.69) is 25.8 Å². The van der Waals surface area contributed by atoms with Crippen LogP contribution in [0.4, 0.5) is 0 Å². The molecule has 0 radical (unpaired) electrons. The van der Waals surface area contributed by atoms with Gasteiger partial charge in [0.05, 0.1) is 0 Å². The second-order valence-electron chi connectivity index (χ2n) is 3.42. The van der Waals surface area contributed by atoms with Crippen molar-refractivity contribution in [2.24, 2.45) is 10.9 Å². The largest absolute Gasteiger partial charge is 0.303 e. The van der Waals surface area contributed by atoms with E-state index in [1.165, 1.54) is 0 Å². The first kappa shape index (κ1) is 11.3. The Bertz CT molecular complexity index is 150. The monoisotopic (exact) mass is 169 g/mol. The molecule has 0 unspecified atom stereocenters. The van der Waals surface area contributed by atoms with Crippen molar-refractivity contribution >= 4 is 12.0 Å². The van der Waals surface area contributed by atoms with Crippen molar-refractivity contribution in [3.05, 3.63) is 0 Å². The van der Waals surface area contributed by atoms with Crippen LogP contribution in [0, 0.1) is 5.92 Å². The Morgan fingerprint density at radius 2 is 2.17 bits per heavy atom. The molecule has 0 heterocycles. The molecule has 0 saturated heterocycles. The summed E-state index contributed by atoms with van der Waals surface area (Å²) in [5.41, 5.74) is 1.06. The fourth-order valence-corrected chi connectivity index (χ4v) is 0.942. The molecule has 0 N–H and O–H groups in total. The van der Waals surface area contributed by atoms with Crippen LogP contribution in [-0.4, -0.2) is 18.5 Å². The average molecular weight is 169 g/mol. The van der Waals surface area contributed by atoms with Crippen LogP contribution in [0.5, 0.6) is 0 Å². The molecule has 70 valence electrons. The molecule has 0 aromatic carbocycles. The van der Waals surface area contributed by atoms with Crippen LogP contribution in [0.3, 0.4) is 0 Å². The minimum Gasteiger partial charge on any atom is -0.303 e. The minimum atomic E-state index is 0.514. The minimum absolute atomic E-state index is 0.514. The zero-order valence-corrected chi connectivity index (χ0v) is 8.34. The second-order valence-corrected chi connectivity index (χ2v) is 3.42. The Morgan fingerprint density at radius 3 is 2.58 bits per heavy atom. The standard InChI is InChI=1S/C10H19NO/c1-4-5-10(6-7-12)11-8-9(2)3/h7,9H,4-6,8H2,1-3H3. The predicted molar refractivity (Wildman–Crippen MR) is 52.7 cm³/mol. The normalized spacial score (nSPS) is 12.2. The maximum atomic E-state index is 10.3. The number of carbonyl (C=O) groups is 1. The molecule has 0 aromatic heterocycles.